The third-order valence-electron chi connectivity index (χ3n) is 5.15. The molecule has 1 aliphatic heterocycles. The van der Waals surface area contributed by atoms with Crippen LogP contribution < -0.4 is 0 Å². The molecule has 1 fully saturated rings. The quantitative estimate of drug-likeness (QED) is 0.615. The van der Waals surface area contributed by atoms with Crippen molar-refractivity contribution in [3.63, 3.8) is 0 Å². The fourth-order valence-electron chi connectivity index (χ4n) is 3.79. The van der Waals surface area contributed by atoms with Gasteiger partial charge in [0, 0.05) is 18.0 Å². The molecule has 1 aliphatic rings. The van der Waals surface area contributed by atoms with E-state index in [0.29, 0.717) is 0 Å². The molecule has 2 atom stereocenters. The molecule has 7 heteroatoms. The fourth-order valence-corrected chi connectivity index (χ4v) is 3.79. The van der Waals surface area contributed by atoms with Crippen LogP contribution in [0.1, 0.15) is 19.1 Å². The minimum Gasteiger partial charge on any atom is -0.394 e. The van der Waals surface area contributed by atoms with Crippen LogP contribution in [0, 0.1) is 0 Å². The summed E-state index contributed by atoms with van der Waals surface area (Å²) in [6.45, 7) is 0.0410. The van der Waals surface area contributed by atoms with Crippen LogP contribution in [0.25, 0.3) is 33.5 Å². The van der Waals surface area contributed by atoms with Gasteiger partial charge in [-0.1, -0.05) is 18.2 Å². The van der Waals surface area contributed by atoms with Gasteiger partial charge in [-0.15, -0.1) is 0 Å². The molecule has 0 radical (unpaired) electrons. The number of aromatic nitrogens is 5. The molecule has 0 saturated carbocycles. The summed E-state index contributed by atoms with van der Waals surface area (Å²) < 4.78 is 9.96. The number of nitrogens with zero attached hydrogens (tertiary/aromatic N) is 5. The van der Waals surface area contributed by atoms with E-state index in [4.69, 9.17) is 4.74 Å². The van der Waals surface area contributed by atoms with Gasteiger partial charge >= 0.3 is 0 Å². The topological polar surface area (TPSA) is 78.0 Å². The van der Waals surface area contributed by atoms with Crippen LogP contribution in [0.4, 0.5) is 0 Å². The summed E-state index contributed by atoms with van der Waals surface area (Å²) in [4.78, 5) is 13.5. The maximum absolute atomic E-state index is 9.31. The van der Waals surface area contributed by atoms with Crippen molar-refractivity contribution < 1.29 is 9.84 Å². The Morgan fingerprint density at radius 1 is 1.19 bits per heavy atom. The second-order valence-corrected chi connectivity index (χ2v) is 6.67. The average Bonchev–Trinajstić information content (AvgIpc) is 3.38. The molecule has 7 nitrogen and oxygen atoms in total. The summed E-state index contributed by atoms with van der Waals surface area (Å²) >= 11 is 0. The van der Waals surface area contributed by atoms with Crippen LogP contribution in [0.15, 0.2) is 43.0 Å². The largest absolute Gasteiger partial charge is 0.394 e. The Bertz CT molecular complexity index is 1100. The second kappa shape index (κ2) is 5.89. The molecule has 132 valence electrons. The summed E-state index contributed by atoms with van der Waals surface area (Å²) in [5, 5.41) is 10.5. The first-order chi connectivity index (χ1) is 12.8. The van der Waals surface area contributed by atoms with Gasteiger partial charge in [-0.05, 0) is 25.0 Å². The zero-order chi connectivity index (χ0) is 17.7. The molecule has 0 spiro atoms. The third-order valence-corrected chi connectivity index (χ3v) is 5.15. The van der Waals surface area contributed by atoms with E-state index in [-0.39, 0.29) is 18.9 Å². The van der Waals surface area contributed by atoms with Gasteiger partial charge in [0.2, 0.25) is 0 Å². The smallest absolute Gasteiger partial charge is 0.166 e. The maximum Gasteiger partial charge on any atom is 0.166 e. The number of para-hydroxylation sites is 1. The van der Waals surface area contributed by atoms with E-state index in [1.54, 1.807) is 12.7 Å². The van der Waals surface area contributed by atoms with Crippen molar-refractivity contribution in [1.82, 2.24) is 24.1 Å². The molecule has 1 aromatic carbocycles. The van der Waals surface area contributed by atoms with E-state index in [2.05, 4.69) is 37.7 Å². The van der Waals surface area contributed by atoms with Crippen molar-refractivity contribution in [3.05, 3.63) is 43.0 Å². The predicted octanol–water partition coefficient (Wildman–Crippen LogP) is 2.65. The van der Waals surface area contributed by atoms with Gasteiger partial charge in [-0.3, -0.25) is 4.57 Å². The molecule has 1 saturated heterocycles. The number of imidazole rings is 1. The molecule has 3 aromatic heterocycles. The van der Waals surface area contributed by atoms with Crippen molar-refractivity contribution in [3.8, 4) is 11.4 Å². The number of aliphatic hydroxyl groups is 1. The average molecular weight is 349 g/mol. The standard InChI is InChI=1S/C19H19N5O2/c1-23-14-5-3-2-4-12(14)8-15(23)17-18-19(21-10-20-17)24(11-22-18)16-7-6-13(9-25)26-16/h2-5,8,10-11,13,16,25H,6-7,9H2,1H3/t13-,16+/m0/s1. The van der Waals surface area contributed by atoms with Gasteiger partial charge in [0.1, 0.15) is 23.8 Å². The van der Waals surface area contributed by atoms with E-state index >= 15 is 0 Å². The molecule has 5 rings (SSSR count). The maximum atomic E-state index is 9.31. The van der Waals surface area contributed by atoms with Gasteiger partial charge < -0.3 is 14.4 Å². The van der Waals surface area contributed by atoms with E-state index < -0.39 is 0 Å². The number of fused-ring (bicyclic) bond motifs is 2. The van der Waals surface area contributed by atoms with Crippen LogP contribution in [-0.4, -0.2) is 41.9 Å². The molecule has 0 bridgehead atoms. The van der Waals surface area contributed by atoms with Crippen LogP contribution in [0.3, 0.4) is 0 Å². The summed E-state index contributed by atoms with van der Waals surface area (Å²) in [7, 11) is 2.04. The number of hydrogen-bond donors (Lipinski definition) is 1. The molecule has 0 unspecified atom stereocenters. The van der Waals surface area contributed by atoms with Gasteiger partial charge in [-0.25, -0.2) is 15.0 Å². The molecule has 0 amide bonds. The monoisotopic (exact) mass is 349 g/mol. The zero-order valence-electron chi connectivity index (χ0n) is 14.4. The lowest BCUT2D eigenvalue weighted by Crippen LogP contribution is -2.14. The summed E-state index contributed by atoms with van der Waals surface area (Å²) in [6, 6.07) is 10.4. The minimum absolute atomic E-state index is 0.0410. The highest BCUT2D eigenvalue weighted by Crippen LogP contribution is 2.33. The van der Waals surface area contributed by atoms with Crippen LogP contribution >= 0.6 is 0 Å². The van der Waals surface area contributed by atoms with Crippen molar-refractivity contribution in [2.75, 3.05) is 6.61 Å². The number of ether oxygens (including phenoxy) is 1. The fraction of sp³-hybridized carbons (Fsp3) is 0.316. The van der Waals surface area contributed by atoms with Crippen LogP contribution in [-0.2, 0) is 11.8 Å². The van der Waals surface area contributed by atoms with Gasteiger partial charge in [0.25, 0.3) is 0 Å². The third kappa shape index (κ3) is 2.24. The Kier molecular flexibility index (Phi) is 3.51. The molecular weight excluding hydrogens is 330 g/mol. The van der Waals surface area contributed by atoms with Crippen LogP contribution in [0.5, 0.6) is 0 Å². The highest BCUT2D eigenvalue weighted by atomic mass is 16.5. The van der Waals surface area contributed by atoms with Crippen LogP contribution in [0.2, 0.25) is 0 Å². The molecule has 1 N–H and O–H groups in total. The highest BCUT2D eigenvalue weighted by molar-refractivity contribution is 5.92. The van der Waals surface area contributed by atoms with Crippen molar-refractivity contribution >= 4 is 22.1 Å². The first-order valence-corrected chi connectivity index (χ1v) is 8.75. The molecule has 0 aliphatic carbocycles. The number of aliphatic hydroxyl groups excluding tert-OH is 1. The molecule has 4 aromatic rings. The minimum atomic E-state index is -0.146. The lowest BCUT2D eigenvalue weighted by Gasteiger charge is -2.14. The lowest BCUT2D eigenvalue weighted by atomic mass is 10.2. The number of aryl methyl sites for hydroxylation is 1. The van der Waals surface area contributed by atoms with E-state index in [0.717, 1.165) is 40.9 Å². The Hall–Kier alpha value is -2.77. The van der Waals surface area contributed by atoms with E-state index in [1.165, 1.54) is 5.39 Å². The predicted molar refractivity (Wildman–Crippen MR) is 97.5 cm³/mol. The summed E-state index contributed by atoms with van der Waals surface area (Å²) in [6.07, 6.45) is 4.75. The lowest BCUT2D eigenvalue weighted by molar-refractivity contribution is -0.0207. The Balaban J connectivity index is 1.64. The summed E-state index contributed by atoms with van der Waals surface area (Å²) in [5.74, 6) is 0. The van der Waals surface area contributed by atoms with Gasteiger partial charge in [0.15, 0.2) is 5.65 Å². The number of rotatable bonds is 3. The molecule has 4 heterocycles. The Labute approximate surface area is 149 Å². The SMILES string of the molecule is Cn1c(-c2ncnc3c2ncn3[C@H]2CC[C@@H](CO)O2)cc2ccccc21. The van der Waals surface area contributed by atoms with Crippen molar-refractivity contribution in [2.45, 2.75) is 25.2 Å². The molecule has 26 heavy (non-hydrogen) atoms. The normalized spacial score (nSPS) is 20.4. The summed E-state index contributed by atoms with van der Waals surface area (Å²) in [5.41, 5.74) is 4.48. The van der Waals surface area contributed by atoms with Gasteiger partial charge in [-0.2, -0.15) is 0 Å². The first kappa shape index (κ1) is 15.5. The van der Waals surface area contributed by atoms with Crippen molar-refractivity contribution in [1.29, 1.82) is 0 Å². The van der Waals surface area contributed by atoms with Crippen molar-refractivity contribution in [2.24, 2.45) is 7.05 Å². The Morgan fingerprint density at radius 3 is 2.88 bits per heavy atom. The first-order valence-electron chi connectivity index (χ1n) is 8.75. The zero-order valence-corrected chi connectivity index (χ0v) is 14.4. The van der Waals surface area contributed by atoms with Gasteiger partial charge in [0.05, 0.1) is 24.7 Å². The molecular formula is C19H19N5O2. The second-order valence-electron chi connectivity index (χ2n) is 6.67. The van der Waals surface area contributed by atoms with E-state index in [9.17, 15) is 5.11 Å². The Morgan fingerprint density at radius 2 is 2.08 bits per heavy atom. The number of benzene rings is 1. The number of hydrogen-bond acceptors (Lipinski definition) is 5. The van der Waals surface area contributed by atoms with E-state index in [1.807, 2.05) is 23.7 Å². The highest BCUT2D eigenvalue weighted by Gasteiger charge is 2.28.